The number of carbonyl (C=O) groups excluding carboxylic acids is 3. The number of amides is 3. The van der Waals surface area contributed by atoms with Gasteiger partial charge in [0.25, 0.3) is 11.8 Å². The van der Waals surface area contributed by atoms with Gasteiger partial charge in [-0.05, 0) is 50.9 Å². The molecule has 2 aliphatic heterocycles. The summed E-state index contributed by atoms with van der Waals surface area (Å²) >= 11 is 0. The summed E-state index contributed by atoms with van der Waals surface area (Å²) in [5.74, 6) is -3.98. The number of alkyl halides is 2. The van der Waals surface area contributed by atoms with Gasteiger partial charge in [0, 0.05) is 33.0 Å². The lowest BCUT2D eigenvalue weighted by Crippen LogP contribution is -2.54. The second-order valence-corrected chi connectivity index (χ2v) is 13.0. The fourth-order valence-corrected chi connectivity index (χ4v) is 5.93. The first-order valence-corrected chi connectivity index (χ1v) is 16.4. The highest BCUT2D eigenvalue weighted by Gasteiger charge is 2.51. The molecule has 0 aliphatic carbocycles. The number of hydrogen-bond donors (Lipinski definition) is 1. The number of halogens is 2. The monoisotopic (exact) mass is 646 g/mol. The Balaban J connectivity index is 1.57. The van der Waals surface area contributed by atoms with Crippen molar-refractivity contribution < 1.29 is 32.4 Å². The molecular weight excluding hydrogens is 598 g/mol. The van der Waals surface area contributed by atoms with Crippen molar-refractivity contribution in [2.75, 3.05) is 40.3 Å². The second-order valence-electron chi connectivity index (χ2n) is 13.0. The molecule has 0 radical (unpaired) electrons. The van der Waals surface area contributed by atoms with Gasteiger partial charge in [-0.3, -0.25) is 14.4 Å². The minimum atomic E-state index is -3.23. The third kappa shape index (κ3) is 9.94. The highest BCUT2D eigenvalue weighted by Crippen LogP contribution is 2.34. The van der Waals surface area contributed by atoms with Gasteiger partial charge in [0.05, 0.1) is 12.1 Å². The summed E-state index contributed by atoms with van der Waals surface area (Å²) in [6.07, 6.45) is 6.43. The SMILES string of the molecule is CC(C)C[C@H]1NC(=O)c2ccccc2OCc2noc(n2)CCCCCCCCN(C)CCN(C)C(=O)[C@H]2CC(F)(F)CN2C1=O. The number of fused-ring (bicyclic) bond motifs is 4. The zero-order valence-electron chi connectivity index (χ0n) is 27.5. The number of aryl methyl sites for hydroxylation is 1. The molecular formula is C33H48F2N6O5. The number of aromatic nitrogens is 2. The molecule has 2 bridgehead atoms. The molecule has 1 aromatic carbocycles. The Morgan fingerprint density at radius 1 is 0.978 bits per heavy atom. The third-order valence-corrected chi connectivity index (χ3v) is 8.52. The van der Waals surface area contributed by atoms with Crippen LogP contribution in [0.1, 0.15) is 87.3 Å². The van der Waals surface area contributed by atoms with E-state index in [0.29, 0.717) is 31.2 Å². The molecule has 46 heavy (non-hydrogen) atoms. The van der Waals surface area contributed by atoms with E-state index < -0.39 is 48.7 Å². The molecule has 1 fully saturated rings. The number of rotatable bonds is 2. The number of nitrogens with zero attached hydrogens (tertiary/aromatic N) is 5. The molecule has 1 aromatic heterocycles. The molecule has 1 N–H and O–H groups in total. The van der Waals surface area contributed by atoms with Gasteiger partial charge in [0.2, 0.25) is 23.5 Å². The molecule has 0 saturated carbocycles. The van der Waals surface area contributed by atoms with Crippen LogP contribution in [0.15, 0.2) is 28.8 Å². The Hall–Kier alpha value is -3.61. The van der Waals surface area contributed by atoms with Crippen LogP contribution in [0.5, 0.6) is 5.75 Å². The smallest absolute Gasteiger partial charge is 0.267 e. The first-order chi connectivity index (χ1) is 21.9. The van der Waals surface area contributed by atoms with Gasteiger partial charge >= 0.3 is 0 Å². The molecule has 2 atom stereocenters. The number of ether oxygens (including phenoxy) is 1. The van der Waals surface area contributed by atoms with Gasteiger partial charge in [-0.25, -0.2) is 8.78 Å². The lowest BCUT2D eigenvalue weighted by molar-refractivity contribution is -0.144. The van der Waals surface area contributed by atoms with E-state index in [4.69, 9.17) is 9.26 Å². The normalized spacial score (nSPS) is 23.5. The Bertz CT molecular complexity index is 1320. The Labute approximate surface area is 270 Å². The van der Waals surface area contributed by atoms with E-state index in [-0.39, 0.29) is 30.3 Å². The lowest BCUT2D eigenvalue weighted by atomic mass is 10.0. The van der Waals surface area contributed by atoms with Crippen molar-refractivity contribution in [3.05, 3.63) is 41.5 Å². The highest BCUT2D eigenvalue weighted by molar-refractivity contribution is 6.00. The Morgan fingerprint density at radius 3 is 2.46 bits per heavy atom. The van der Waals surface area contributed by atoms with E-state index in [1.807, 2.05) is 20.9 Å². The van der Waals surface area contributed by atoms with Crippen molar-refractivity contribution in [1.29, 1.82) is 0 Å². The zero-order chi connectivity index (χ0) is 33.3. The van der Waals surface area contributed by atoms with Crippen molar-refractivity contribution >= 4 is 17.7 Å². The predicted octanol–water partition coefficient (Wildman–Crippen LogP) is 4.32. The van der Waals surface area contributed by atoms with Crippen LogP contribution in [0.4, 0.5) is 8.78 Å². The van der Waals surface area contributed by atoms with E-state index in [1.165, 1.54) is 4.90 Å². The molecule has 1 saturated heterocycles. The quantitative estimate of drug-likeness (QED) is 0.513. The molecule has 3 amide bonds. The molecule has 0 unspecified atom stereocenters. The maximum atomic E-state index is 14.8. The van der Waals surface area contributed by atoms with E-state index >= 15 is 0 Å². The van der Waals surface area contributed by atoms with E-state index in [9.17, 15) is 23.2 Å². The van der Waals surface area contributed by atoms with Crippen molar-refractivity contribution in [2.45, 2.75) is 96.2 Å². The van der Waals surface area contributed by atoms with Crippen molar-refractivity contribution in [2.24, 2.45) is 5.92 Å². The standard InChI is InChI=1S/C33H48F2N6O5/c1-23(2)19-25-31(43)41-22-33(34,35)20-26(41)32(44)40(4)18-17-39(3)16-12-8-6-5-7-9-15-29-37-28(38-46-29)21-45-27-14-11-10-13-24(27)30(42)36-25/h10-11,13-14,23,25-26H,5-9,12,15-22H2,1-4H3,(H,36,42)/t25-,26-/m1/s1. The summed E-state index contributed by atoms with van der Waals surface area (Å²) < 4.78 is 40.9. The van der Waals surface area contributed by atoms with Gasteiger partial charge in [0.15, 0.2) is 6.61 Å². The van der Waals surface area contributed by atoms with Crippen LogP contribution in [0, 0.1) is 5.92 Å². The third-order valence-electron chi connectivity index (χ3n) is 8.52. The van der Waals surface area contributed by atoms with Gasteiger partial charge in [-0.15, -0.1) is 0 Å². The molecule has 11 nitrogen and oxygen atoms in total. The lowest BCUT2D eigenvalue weighted by Gasteiger charge is -2.31. The van der Waals surface area contributed by atoms with Crippen LogP contribution in [-0.2, 0) is 22.6 Å². The number of likely N-dealkylation sites (N-methyl/N-ethyl adjacent to an activating group) is 2. The van der Waals surface area contributed by atoms with Crippen LogP contribution in [0.3, 0.4) is 0 Å². The largest absolute Gasteiger partial charge is 0.485 e. The first kappa shape index (κ1) is 35.2. The fraction of sp³-hybridized carbons (Fsp3) is 0.667. The number of benzene rings is 1. The number of hydrogen-bond acceptors (Lipinski definition) is 8. The molecule has 2 aromatic rings. The van der Waals surface area contributed by atoms with Crippen molar-refractivity contribution in [1.82, 2.24) is 30.2 Å². The van der Waals surface area contributed by atoms with Crippen LogP contribution < -0.4 is 10.1 Å². The fourth-order valence-electron chi connectivity index (χ4n) is 5.93. The van der Waals surface area contributed by atoms with Gasteiger partial charge < -0.3 is 29.3 Å². The number of para-hydroxylation sites is 1. The summed E-state index contributed by atoms with van der Waals surface area (Å²) in [5.41, 5.74) is 0.164. The van der Waals surface area contributed by atoms with Crippen molar-refractivity contribution in [3.8, 4) is 5.75 Å². The zero-order valence-corrected chi connectivity index (χ0v) is 27.5. The van der Waals surface area contributed by atoms with Crippen LogP contribution >= 0.6 is 0 Å². The maximum absolute atomic E-state index is 14.8. The average molecular weight is 647 g/mol. The number of nitrogens with one attached hydrogen (secondary N) is 1. The Morgan fingerprint density at radius 2 is 1.70 bits per heavy atom. The second kappa shape index (κ2) is 16.3. The van der Waals surface area contributed by atoms with Gasteiger partial charge in [-0.2, -0.15) is 4.98 Å². The first-order valence-electron chi connectivity index (χ1n) is 16.4. The topological polar surface area (TPSA) is 121 Å². The van der Waals surface area contributed by atoms with Crippen LogP contribution in [0.2, 0.25) is 0 Å². The van der Waals surface area contributed by atoms with Gasteiger partial charge in [0.1, 0.15) is 17.8 Å². The van der Waals surface area contributed by atoms with E-state index in [2.05, 4.69) is 20.4 Å². The minimum Gasteiger partial charge on any atom is -0.485 e. The van der Waals surface area contributed by atoms with Gasteiger partial charge in [-0.1, -0.05) is 56.8 Å². The number of carbonyl (C=O) groups is 3. The summed E-state index contributed by atoms with van der Waals surface area (Å²) in [5, 5.41) is 6.75. The predicted molar refractivity (Wildman–Crippen MR) is 167 cm³/mol. The minimum absolute atomic E-state index is 0.0310. The summed E-state index contributed by atoms with van der Waals surface area (Å²) in [6.45, 7) is 4.62. The Kier molecular flexibility index (Phi) is 12.5. The average Bonchev–Trinajstić information content (AvgIpc) is 3.61. The molecule has 0 spiro atoms. The maximum Gasteiger partial charge on any atom is 0.267 e. The molecule has 4 rings (SSSR count). The highest BCUT2D eigenvalue weighted by atomic mass is 19.3. The van der Waals surface area contributed by atoms with E-state index in [0.717, 1.165) is 50.0 Å². The molecule has 254 valence electrons. The molecule has 3 heterocycles. The van der Waals surface area contributed by atoms with Crippen LogP contribution in [-0.4, -0.2) is 101 Å². The summed E-state index contributed by atoms with van der Waals surface area (Å²) in [6, 6.07) is 4.10. The van der Waals surface area contributed by atoms with Crippen molar-refractivity contribution in [3.63, 3.8) is 0 Å². The summed E-state index contributed by atoms with van der Waals surface area (Å²) in [7, 11) is 3.57. The summed E-state index contributed by atoms with van der Waals surface area (Å²) in [4.78, 5) is 49.9. The van der Waals surface area contributed by atoms with E-state index in [1.54, 1.807) is 31.3 Å². The molecule has 2 aliphatic rings. The van der Waals surface area contributed by atoms with Crippen LogP contribution in [0.25, 0.3) is 0 Å². The molecule has 13 heteroatoms.